The van der Waals surface area contributed by atoms with Crippen LogP contribution in [-0.4, -0.2) is 70.9 Å². The van der Waals surface area contributed by atoms with Crippen molar-refractivity contribution in [1.29, 1.82) is 0 Å². The van der Waals surface area contributed by atoms with E-state index in [1.165, 1.54) is 18.5 Å². The fraction of sp³-hybridized carbons (Fsp3) is 0.545. The van der Waals surface area contributed by atoms with Crippen LogP contribution in [0.2, 0.25) is 0 Å². The Hall–Kier alpha value is -2.94. The third kappa shape index (κ3) is 4.41. The zero-order chi connectivity index (χ0) is 22.0. The van der Waals surface area contributed by atoms with E-state index in [-0.39, 0.29) is 5.91 Å². The number of nitrogens with zero attached hydrogens (tertiary/aromatic N) is 6. The van der Waals surface area contributed by atoms with Crippen molar-refractivity contribution in [2.45, 2.75) is 44.6 Å². The Morgan fingerprint density at radius 2 is 2.00 bits per heavy atom. The minimum absolute atomic E-state index is 0.000537. The summed E-state index contributed by atoms with van der Waals surface area (Å²) in [7, 11) is 7.56. The first-order valence-corrected chi connectivity index (χ1v) is 11.0. The fourth-order valence-electron chi connectivity index (χ4n) is 4.37. The molecule has 0 unspecified atom stereocenters. The number of amidine groups is 1. The summed E-state index contributed by atoms with van der Waals surface area (Å²) in [5.41, 5.74) is 2.70. The van der Waals surface area contributed by atoms with Crippen LogP contribution in [0.1, 0.15) is 55.1 Å². The standard InChI is InChI=1S/C22H32N8O/c1-23-14-29(4)17-9-10-19(24-13-17)26-22-25-12-15-11-18(21(31)28(2)3)30(20(15)27-22)16-7-5-6-8-16/h11-13,16,23H,5-10,14H2,1-4H3,(H,24,25,26,27). The number of hydrogen-bond acceptors (Lipinski definition) is 7. The van der Waals surface area contributed by atoms with E-state index in [1.54, 1.807) is 25.2 Å². The number of amides is 1. The Kier molecular flexibility index (Phi) is 6.22. The lowest BCUT2D eigenvalue weighted by Crippen LogP contribution is -2.29. The summed E-state index contributed by atoms with van der Waals surface area (Å²) in [4.78, 5) is 30.5. The first-order chi connectivity index (χ1) is 15.0. The van der Waals surface area contributed by atoms with Crippen LogP contribution in [0.15, 0.2) is 29.2 Å². The molecule has 0 saturated heterocycles. The highest BCUT2D eigenvalue weighted by Gasteiger charge is 2.26. The van der Waals surface area contributed by atoms with Crippen molar-refractivity contribution in [3.63, 3.8) is 0 Å². The van der Waals surface area contributed by atoms with Gasteiger partial charge >= 0.3 is 0 Å². The number of allylic oxidation sites excluding steroid dienone is 1. The van der Waals surface area contributed by atoms with Gasteiger partial charge in [0.05, 0.1) is 6.67 Å². The van der Waals surface area contributed by atoms with Gasteiger partial charge in [0.25, 0.3) is 5.91 Å². The van der Waals surface area contributed by atoms with E-state index in [2.05, 4.69) is 37.1 Å². The van der Waals surface area contributed by atoms with Gasteiger partial charge in [-0.3, -0.25) is 4.79 Å². The van der Waals surface area contributed by atoms with Crippen LogP contribution in [0, 0.1) is 0 Å². The number of carbonyl (C=O) groups excluding carboxylic acids is 1. The number of hydrogen-bond donors (Lipinski definition) is 2. The van der Waals surface area contributed by atoms with Crippen LogP contribution in [-0.2, 0) is 0 Å². The van der Waals surface area contributed by atoms with Crippen LogP contribution in [0.25, 0.3) is 11.0 Å². The summed E-state index contributed by atoms with van der Waals surface area (Å²) < 4.78 is 2.13. The predicted octanol–water partition coefficient (Wildman–Crippen LogP) is 2.80. The monoisotopic (exact) mass is 424 g/mol. The van der Waals surface area contributed by atoms with E-state index < -0.39 is 0 Å². The molecule has 2 aliphatic rings. The molecular formula is C22H32N8O. The maximum absolute atomic E-state index is 12.8. The summed E-state index contributed by atoms with van der Waals surface area (Å²) in [6.45, 7) is 0.788. The summed E-state index contributed by atoms with van der Waals surface area (Å²) in [6, 6.07) is 2.23. The van der Waals surface area contributed by atoms with E-state index in [4.69, 9.17) is 4.98 Å². The number of aromatic nitrogens is 3. The fourth-order valence-corrected chi connectivity index (χ4v) is 4.37. The molecule has 0 atom stereocenters. The van der Waals surface area contributed by atoms with Crippen LogP contribution < -0.4 is 10.6 Å². The Morgan fingerprint density at radius 3 is 2.65 bits per heavy atom. The Labute approximate surface area is 183 Å². The molecule has 3 heterocycles. The molecule has 0 radical (unpaired) electrons. The second-order valence-electron chi connectivity index (χ2n) is 8.54. The molecule has 1 aliphatic heterocycles. The van der Waals surface area contributed by atoms with E-state index in [1.807, 2.05) is 19.3 Å². The molecule has 1 saturated carbocycles. The highest BCUT2D eigenvalue weighted by atomic mass is 16.2. The third-order valence-electron chi connectivity index (χ3n) is 6.02. The molecule has 2 aromatic rings. The molecule has 0 aromatic carbocycles. The molecule has 1 aliphatic carbocycles. The van der Waals surface area contributed by atoms with Gasteiger partial charge < -0.3 is 25.0 Å². The molecule has 1 fully saturated rings. The van der Waals surface area contributed by atoms with E-state index in [0.717, 1.165) is 49.2 Å². The maximum Gasteiger partial charge on any atom is 0.270 e. The normalized spacial score (nSPS) is 16.9. The topological polar surface area (TPSA) is 90.7 Å². The molecule has 1 amide bonds. The minimum atomic E-state index is -0.000537. The van der Waals surface area contributed by atoms with Crippen molar-refractivity contribution in [2.75, 3.05) is 40.2 Å². The van der Waals surface area contributed by atoms with Crippen molar-refractivity contribution >= 4 is 28.7 Å². The third-order valence-corrected chi connectivity index (χ3v) is 6.02. The molecule has 0 bridgehead atoms. The van der Waals surface area contributed by atoms with Gasteiger partial charge in [0.2, 0.25) is 5.95 Å². The van der Waals surface area contributed by atoms with E-state index >= 15 is 0 Å². The van der Waals surface area contributed by atoms with Gasteiger partial charge in [0.1, 0.15) is 17.2 Å². The molecular weight excluding hydrogens is 392 g/mol. The summed E-state index contributed by atoms with van der Waals surface area (Å²) in [5, 5.41) is 7.33. The molecule has 9 nitrogen and oxygen atoms in total. The van der Waals surface area contributed by atoms with Gasteiger partial charge in [-0.25, -0.2) is 9.98 Å². The van der Waals surface area contributed by atoms with E-state index in [9.17, 15) is 4.79 Å². The Balaban J connectivity index is 1.63. The molecule has 2 N–H and O–H groups in total. The van der Waals surface area contributed by atoms with Gasteiger partial charge in [-0.05, 0) is 32.4 Å². The lowest BCUT2D eigenvalue weighted by molar-refractivity contribution is 0.0815. The summed E-state index contributed by atoms with van der Waals surface area (Å²) in [5.74, 6) is 1.37. The number of carbonyl (C=O) groups is 1. The van der Waals surface area contributed by atoms with E-state index in [0.29, 0.717) is 17.7 Å². The Bertz CT molecular complexity index is 1020. The van der Waals surface area contributed by atoms with Crippen molar-refractivity contribution in [3.8, 4) is 0 Å². The predicted molar refractivity (Wildman–Crippen MR) is 123 cm³/mol. The molecule has 4 rings (SSSR count). The number of rotatable bonds is 6. The van der Waals surface area contributed by atoms with Gasteiger partial charge in [-0.2, -0.15) is 4.98 Å². The lowest BCUT2D eigenvalue weighted by Gasteiger charge is -2.24. The van der Waals surface area contributed by atoms with Gasteiger partial charge in [-0.15, -0.1) is 0 Å². The molecule has 0 spiro atoms. The van der Waals surface area contributed by atoms with Crippen molar-refractivity contribution in [3.05, 3.63) is 29.9 Å². The number of fused-ring (bicyclic) bond motifs is 1. The summed E-state index contributed by atoms with van der Waals surface area (Å²) >= 11 is 0. The first-order valence-electron chi connectivity index (χ1n) is 11.0. The van der Waals surface area contributed by atoms with Crippen LogP contribution in [0.3, 0.4) is 0 Å². The van der Waals surface area contributed by atoms with Crippen molar-refractivity contribution in [2.24, 2.45) is 4.99 Å². The lowest BCUT2D eigenvalue weighted by atomic mass is 10.2. The highest BCUT2D eigenvalue weighted by Crippen LogP contribution is 2.34. The largest absolute Gasteiger partial charge is 0.364 e. The highest BCUT2D eigenvalue weighted by molar-refractivity contribution is 5.99. The zero-order valence-electron chi connectivity index (χ0n) is 18.9. The zero-order valence-corrected chi connectivity index (χ0v) is 18.9. The SMILES string of the molecule is CNCN(C)C1=CN=C(Nc2ncc3cc(C(=O)N(C)C)n(C4CCCC4)c3n2)CC1. The smallest absolute Gasteiger partial charge is 0.270 e. The average molecular weight is 425 g/mol. The van der Waals surface area contributed by atoms with Crippen LogP contribution >= 0.6 is 0 Å². The van der Waals surface area contributed by atoms with Gasteiger partial charge in [0, 0.05) is 57.1 Å². The second-order valence-corrected chi connectivity index (χ2v) is 8.54. The van der Waals surface area contributed by atoms with Gasteiger partial charge in [0.15, 0.2) is 0 Å². The average Bonchev–Trinajstić information content (AvgIpc) is 3.41. The van der Waals surface area contributed by atoms with Crippen LogP contribution in [0.5, 0.6) is 0 Å². The molecule has 9 heteroatoms. The minimum Gasteiger partial charge on any atom is -0.364 e. The molecule has 166 valence electrons. The maximum atomic E-state index is 12.8. The van der Waals surface area contributed by atoms with Crippen LogP contribution in [0.4, 0.5) is 5.95 Å². The molecule has 2 aromatic heterocycles. The van der Waals surface area contributed by atoms with Crippen molar-refractivity contribution < 1.29 is 4.79 Å². The molecule has 31 heavy (non-hydrogen) atoms. The van der Waals surface area contributed by atoms with Gasteiger partial charge in [-0.1, -0.05) is 12.8 Å². The number of aliphatic imine (C=N–C) groups is 1. The Morgan fingerprint density at radius 1 is 1.23 bits per heavy atom. The quantitative estimate of drug-likeness (QED) is 0.693. The number of nitrogens with one attached hydrogen (secondary N) is 2. The number of anilines is 1. The first kappa shape index (κ1) is 21.3. The van der Waals surface area contributed by atoms with Crippen molar-refractivity contribution in [1.82, 2.24) is 29.7 Å². The second kappa shape index (κ2) is 9.05. The summed E-state index contributed by atoms with van der Waals surface area (Å²) in [6.07, 6.45) is 9.93.